The van der Waals surface area contributed by atoms with Gasteiger partial charge in [-0.2, -0.15) is 4.31 Å². The van der Waals surface area contributed by atoms with Crippen LogP contribution in [-0.4, -0.2) is 65.7 Å². The Hall–Kier alpha value is -3.78. The maximum absolute atomic E-state index is 13.1. The first-order valence-electron chi connectivity index (χ1n) is 11.3. The molecule has 1 atom stereocenters. The molecular weight excluding hydrogens is 528 g/mol. The predicted octanol–water partition coefficient (Wildman–Crippen LogP) is 3.21. The molecule has 0 saturated carbocycles. The Morgan fingerprint density at radius 2 is 1.95 bits per heavy atom. The molecule has 0 saturated heterocycles. The van der Waals surface area contributed by atoms with E-state index in [0.717, 1.165) is 17.3 Å². The summed E-state index contributed by atoms with van der Waals surface area (Å²) in [5.74, 6) is -0.619. The zero-order valence-electron chi connectivity index (χ0n) is 20.4. The Kier molecular flexibility index (Phi) is 8.65. The van der Waals surface area contributed by atoms with E-state index in [-0.39, 0.29) is 25.9 Å². The van der Waals surface area contributed by atoms with Gasteiger partial charge in [0.1, 0.15) is 4.90 Å². The highest BCUT2D eigenvalue weighted by molar-refractivity contribution is 7.89. The fourth-order valence-electron chi connectivity index (χ4n) is 3.74. The molecule has 1 heterocycles. The minimum atomic E-state index is -4.81. The highest BCUT2D eigenvalue weighted by atomic mass is 35.5. The normalized spacial score (nSPS) is 15.2. The van der Waals surface area contributed by atoms with E-state index in [1.165, 1.54) is 17.1 Å². The van der Waals surface area contributed by atoms with Gasteiger partial charge in [-0.25, -0.2) is 13.2 Å². The van der Waals surface area contributed by atoms with Crippen LogP contribution >= 0.6 is 11.6 Å². The highest BCUT2D eigenvalue weighted by Crippen LogP contribution is 2.31. The van der Waals surface area contributed by atoms with E-state index in [0.29, 0.717) is 19.5 Å². The number of hydrogen-bond acceptors (Lipinski definition) is 8. The van der Waals surface area contributed by atoms with Crippen molar-refractivity contribution >= 4 is 39.3 Å². The van der Waals surface area contributed by atoms with E-state index >= 15 is 0 Å². The number of halogens is 1. The van der Waals surface area contributed by atoms with Crippen molar-refractivity contribution in [3.05, 3.63) is 63.8 Å². The van der Waals surface area contributed by atoms with Crippen LogP contribution < -0.4 is 10.4 Å². The molecule has 200 valence electrons. The van der Waals surface area contributed by atoms with Gasteiger partial charge in [-0.1, -0.05) is 29.8 Å². The Bertz CT molecular complexity index is 1300. The molecule has 0 bridgehead atoms. The molecule has 1 aliphatic rings. The van der Waals surface area contributed by atoms with Crippen molar-refractivity contribution in [2.75, 3.05) is 24.8 Å². The van der Waals surface area contributed by atoms with Crippen molar-refractivity contribution in [1.82, 2.24) is 14.7 Å². The van der Waals surface area contributed by atoms with Crippen molar-refractivity contribution < 1.29 is 32.9 Å². The van der Waals surface area contributed by atoms with Crippen molar-refractivity contribution in [3.8, 4) is 0 Å². The van der Waals surface area contributed by atoms with E-state index in [4.69, 9.17) is 16.4 Å². The SMILES string of the molecule is CCN(CC)[N+]([O-])=NOCN(C(=O)O)S(=O)(=O)c1cc(C(=O)NN2c3ccccc3CC2C)ccc1Cl. The van der Waals surface area contributed by atoms with Gasteiger partial charge in [0.25, 0.3) is 15.9 Å². The Morgan fingerprint density at radius 1 is 1.27 bits per heavy atom. The number of sulfonamides is 1. The van der Waals surface area contributed by atoms with Crippen LogP contribution in [0.2, 0.25) is 5.02 Å². The standard InChI is InChI=1S/C22H27ClN6O7S/c1-4-26(5-2)29(33)25-36-14-27(22(31)32)37(34,35)20-13-17(10-11-18(20)23)21(30)24-28-15(3)12-16-8-6-7-9-19(16)28/h6-11,13,15H,4-5,12,14H2,1-3H3,(H,24,30)(H,31,32). The van der Waals surface area contributed by atoms with Gasteiger partial charge in [-0.3, -0.25) is 15.2 Å². The summed E-state index contributed by atoms with van der Waals surface area (Å²) in [7, 11) is -4.81. The van der Waals surface area contributed by atoms with Crippen LogP contribution in [0.1, 0.15) is 36.7 Å². The molecule has 1 aliphatic heterocycles. The molecule has 15 heteroatoms. The fraction of sp³-hybridized carbons (Fsp3) is 0.364. The van der Waals surface area contributed by atoms with E-state index in [2.05, 4.69) is 10.7 Å². The van der Waals surface area contributed by atoms with E-state index in [1.54, 1.807) is 18.9 Å². The lowest BCUT2D eigenvalue weighted by Gasteiger charge is -2.25. The average molecular weight is 555 g/mol. The molecule has 3 rings (SSSR count). The van der Waals surface area contributed by atoms with Gasteiger partial charge in [0.15, 0.2) is 0 Å². The van der Waals surface area contributed by atoms with Crippen molar-refractivity contribution in [3.63, 3.8) is 0 Å². The number of hydrogen-bond donors (Lipinski definition) is 2. The smallest absolute Gasteiger partial charge is 0.424 e. The molecular formula is C22H27ClN6O7S. The van der Waals surface area contributed by atoms with E-state index < -0.39 is 33.7 Å². The molecule has 1 unspecified atom stereocenters. The number of para-hydroxylation sites is 1. The van der Waals surface area contributed by atoms with Gasteiger partial charge in [0, 0.05) is 5.56 Å². The lowest BCUT2D eigenvalue weighted by molar-refractivity contribution is -0.710. The number of anilines is 1. The first-order chi connectivity index (χ1) is 17.5. The zero-order chi connectivity index (χ0) is 27.3. The Labute approximate surface area is 219 Å². The van der Waals surface area contributed by atoms with Crippen LogP contribution in [-0.2, 0) is 21.3 Å². The summed E-state index contributed by atoms with van der Waals surface area (Å²) in [6.07, 6.45) is -1.19. The summed E-state index contributed by atoms with van der Waals surface area (Å²) in [6.45, 7) is 4.77. The molecule has 2 aromatic carbocycles. The van der Waals surface area contributed by atoms with Crippen LogP contribution in [0.3, 0.4) is 0 Å². The number of fused-ring (bicyclic) bond motifs is 1. The van der Waals surface area contributed by atoms with Crippen LogP contribution in [0, 0.1) is 5.21 Å². The number of hydrazine groups is 2. The molecule has 0 spiro atoms. The van der Waals surface area contributed by atoms with Gasteiger partial charge in [0.2, 0.25) is 12.0 Å². The largest absolute Gasteiger partial charge is 0.569 e. The molecule has 0 radical (unpaired) electrons. The number of benzene rings is 2. The molecule has 0 aliphatic carbocycles. The third-order valence-corrected chi connectivity index (χ3v) is 7.86. The minimum absolute atomic E-state index is 0.0443. The molecule has 13 nitrogen and oxygen atoms in total. The zero-order valence-corrected chi connectivity index (χ0v) is 21.9. The van der Waals surface area contributed by atoms with Gasteiger partial charge in [-0.05, 0) is 57.0 Å². The third-order valence-electron chi connectivity index (χ3n) is 5.68. The second-order valence-corrected chi connectivity index (χ2v) is 10.2. The fourth-order valence-corrected chi connectivity index (χ4v) is 5.37. The number of carboxylic acid groups (broad SMARTS) is 1. The summed E-state index contributed by atoms with van der Waals surface area (Å²) in [5.41, 5.74) is 4.57. The number of nitrogens with zero attached hydrogens (tertiary/aromatic N) is 5. The first kappa shape index (κ1) is 27.8. The molecule has 2 amide bonds. The minimum Gasteiger partial charge on any atom is -0.569 e. The predicted molar refractivity (Wildman–Crippen MR) is 133 cm³/mol. The van der Waals surface area contributed by atoms with Crippen molar-refractivity contribution in [2.24, 2.45) is 5.28 Å². The first-order valence-corrected chi connectivity index (χ1v) is 13.1. The van der Waals surface area contributed by atoms with Crippen molar-refractivity contribution in [2.45, 2.75) is 38.1 Å². The van der Waals surface area contributed by atoms with Gasteiger partial charge < -0.3 is 15.2 Å². The van der Waals surface area contributed by atoms with Crippen LogP contribution in [0.25, 0.3) is 0 Å². The molecule has 37 heavy (non-hydrogen) atoms. The van der Waals surface area contributed by atoms with E-state index in [1.807, 2.05) is 31.2 Å². The number of carbonyl (C=O) groups is 2. The number of amides is 2. The maximum atomic E-state index is 13.1. The summed E-state index contributed by atoms with van der Waals surface area (Å²) in [5, 5.41) is 27.1. The summed E-state index contributed by atoms with van der Waals surface area (Å²) < 4.78 is 26.2. The van der Waals surface area contributed by atoms with Gasteiger partial charge in [0.05, 0.1) is 34.8 Å². The van der Waals surface area contributed by atoms with Crippen LogP contribution in [0.5, 0.6) is 0 Å². The second-order valence-electron chi connectivity index (χ2n) is 8.01. The molecule has 2 N–H and O–H groups in total. The Morgan fingerprint density at radius 3 is 2.59 bits per heavy atom. The number of carbonyl (C=O) groups excluding carboxylic acids is 1. The monoisotopic (exact) mass is 554 g/mol. The second kappa shape index (κ2) is 11.5. The summed E-state index contributed by atoms with van der Waals surface area (Å²) >= 11 is 6.09. The molecule has 0 aromatic heterocycles. The summed E-state index contributed by atoms with van der Waals surface area (Å²) in [4.78, 5) is 28.9. The van der Waals surface area contributed by atoms with Crippen LogP contribution in [0.15, 0.2) is 52.6 Å². The molecule has 0 fully saturated rings. The van der Waals surface area contributed by atoms with Crippen LogP contribution in [0.4, 0.5) is 10.5 Å². The Balaban J connectivity index is 1.84. The third kappa shape index (κ3) is 5.97. The van der Waals surface area contributed by atoms with Gasteiger partial charge in [-0.15, -0.1) is 5.01 Å². The number of nitrogens with one attached hydrogen (secondary N) is 1. The summed E-state index contributed by atoms with van der Waals surface area (Å²) in [6, 6.07) is 11.0. The molecule has 2 aromatic rings. The lowest BCUT2D eigenvalue weighted by atomic mass is 10.1. The lowest BCUT2D eigenvalue weighted by Crippen LogP contribution is -2.45. The number of rotatable bonds is 10. The average Bonchev–Trinajstić information content (AvgIpc) is 3.17. The van der Waals surface area contributed by atoms with Gasteiger partial charge >= 0.3 is 6.09 Å². The van der Waals surface area contributed by atoms with E-state index in [9.17, 15) is 28.3 Å². The topological polar surface area (TPSA) is 158 Å². The maximum Gasteiger partial charge on any atom is 0.424 e. The highest BCUT2D eigenvalue weighted by Gasteiger charge is 2.33. The quantitative estimate of drug-likeness (QED) is 0.195. The van der Waals surface area contributed by atoms with Crippen molar-refractivity contribution in [1.29, 1.82) is 0 Å².